The molecule has 1 atom stereocenters. The monoisotopic (exact) mass is 267 g/mol. The maximum atomic E-state index is 11.4. The molecule has 0 spiro atoms. The number of non-ortho nitro benzene ring substituents is 1. The summed E-state index contributed by atoms with van der Waals surface area (Å²) in [5, 5.41) is 10.7. The van der Waals surface area contributed by atoms with Gasteiger partial charge in [-0.2, -0.15) is 0 Å². The largest absolute Gasteiger partial charge is 0.466 e. The van der Waals surface area contributed by atoms with Crippen LogP contribution in [0.1, 0.15) is 20.3 Å². The van der Waals surface area contributed by atoms with Gasteiger partial charge in [-0.3, -0.25) is 14.9 Å². The Morgan fingerprint density at radius 2 is 2.11 bits per heavy atom. The normalized spacial score (nSPS) is 20.1. The van der Waals surface area contributed by atoms with Crippen LogP contribution in [0, 0.1) is 10.1 Å². The molecule has 1 aliphatic heterocycles. The molecule has 0 N–H and O–H groups in total. The van der Waals surface area contributed by atoms with Gasteiger partial charge in [0.05, 0.1) is 17.6 Å². The van der Waals surface area contributed by atoms with E-state index in [1.54, 1.807) is 13.8 Å². The number of ether oxygens (including phenoxy) is 3. The summed E-state index contributed by atoms with van der Waals surface area (Å²) in [4.78, 5) is 21.6. The van der Waals surface area contributed by atoms with Gasteiger partial charge in [0, 0.05) is 13.0 Å². The van der Waals surface area contributed by atoms with Crippen LogP contribution in [-0.4, -0.2) is 23.3 Å². The van der Waals surface area contributed by atoms with Crippen LogP contribution < -0.4 is 9.47 Å². The fourth-order valence-corrected chi connectivity index (χ4v) is 1.81. The van der Waals surface area contributed by atoms with Crippen LogP contribution in [0.5, 0.6) is 11.5 Å². The summed E-state index contributed by atoms with van der Waals surface area (Å²) >= 11 is 0. The van der Waals surface area contributed by atoms with Crippen LogP contribution in [0.4, 0.5) is 5.69 Å². The van der Waals surface area contributed by atoms with Gasteiger partial charge in [0.25, 0.3) is 11.5 Å². The molecule has 0 fully saturated rings. The third-order valence-corrected chi connectivity index (χ3v) is 2.56. The van der Waals surface area contributed by atoms with Gasteiger partial charge in [0.2, 0.25) is 0 Å². The van der Waals surface area contributed by atoms with Crippen LogP contribution >= 0.6 is 0 Å². The van der Waals surface area contributed by atoms with Crippen molar-refractivity contribution < 1.29 is 23.9 Å². The molecule has 2 rings (SSSR count). The van der Waals surface area contributed by atoms with Crippen LogP contribution in [0.2, 0.25) is 0 Å². The fraction of sp³-hybridized carbons (Fsp3) is 0.417. The summed E-state index contributed by atoms with van der Waals surface area (Å²) in [6.45, 7) is 3.55. The van der Waals surface area contributed by atoms with Crippen molar-refractivity contribution in [2.24, 2.45) is 0 Å². The number of nitro groups is 1. The lowest BCUT2D eigenvalue weighted by Crippen LogP contribution is -2.37. The van der Waals surface area contributed by atoms with E-state index in [-0.39, 0.29) is 24.5 Å². The average Bonchev–Trinajstić information content (AvgIpc) is 2.63. The Kier molecular flexibility index (Phi) is 3.28. The minimum Gasteiger partial charge on any atom is -0.466 e. The lowest BCUT2D eigenvalue weighted by molar-refractivity contribution is -0.384. The van der Waals surface area contributed by atoms with Crippen LogP contribution in [-0.2, 0) is 9.53 Å². The SMILES string of the molecule is CCOC(=O)C[C@]1(C)Oc2ccc([N+](=O)[O-])cc2O1. The molecule has 0 amide bonds. The van der Waals surface area contributed by atoms with E-state index < -0.39 is 16.7 Å². The molecule has 0 aliphatic carbocycles. The Hall–Kier alpha value is -2.31. The first-order chi connectivity index (χ1) is 8.93. The zero-order valence-electron chi connectivity index (χ0n) is 10.5. The molecule has 0 radical (unpaired) electrons. The Balaban J connectivity index is 2.14. The number of hydrogen-bond donors (Lipinski definition) is 0. The predicted octanol–water partition coefficient (Wildman–Crippen LogP) is 2.04. The standard InChI is InChI=1S/C12H13NO6/c1-3-17-11(14)7-12(2)18-9-5-4-8(13(15)16)6-10(9)19-12/h4-6H,3,7H2,1-2H3/t12-/m1/s1. The lowest BCUT2D eigenvalue weighted by atomic mass is 10.2. The molecule has 0 saturated heterocycles. The number of nitro benzene ring substituents is 1. The minimum atomic E-state index is -1.19. The molecule has 1 aromatic carbocycles. The van der Waals surface area contributed by atoms with E-state index >= 15 is 0 Å². The van der Waals surface area contributed by atoms with Crippen molar-refractivity contribution in [1.29, 1.82) is 0 Å². The first-order valence-corrected chi connectivity index (χ1v) is 5.75. The Morgan fingerprint density at radius 1 is 1.42 bits per heavy atom. The fourth-order valence-electron chi connectivity index (χ4n) is 1.81. The quantitative estimate of drug-likeness (QED) is 0.471. The molecule has 19 heavy (non-hydrogen) atoms. The zero-order chi connectivity index (χ0) is 14.0. The van der Waals surface area contributed by atoms with Gasteiger partial charge in [-0.15, -0.1) is 0 Å². The Bertz CT molecular complexity index is 529. The number of nitrogens with zero attached hydrogens (tertiary/aromatic N) is 1. The maximum Gasteiger partial charge on any atom is 0.313 e. The Morgan fingerprint density at radius 3 is 2.74 bits per heavy atom. The molecular formula is C12H13NO6. The van der Waals surface area contributed by atoms with Gasteiger partial charge >= 0.3 is 5.97 Å². The molecule has 0 unspecified atom stereocenters. The number of carbonyl (C=O) groups is 1. The van der Waals surface area contributed by atoms with Crippen molar-refractivity contribution in [3.05, 3.63) is 28.3 Å². The highest BCUT2D eigenvalue weighted by atomic mass is 16.7. The second kappa shape index (κ2) is 4.75. The molecule has 1 aromatic rings. The summed E-state index contributed by atoms with van der Waals surface area (Å²) < 4.78 is 15.8. The van der Waals surface area contributed by atoms with E-state index in [0.717, 1.165) is 0 Å². The van der Waals surface area contributed by atoms with Crippen LogP contribution in [0.3, 0.4) is 0 Å². The van der Waals surface area contributed by atoms with E-state index in [1.165, 1.54) is 18.2 Å². The van der Waals surface area contributed by atoms with Crippen molar-refractivity contribution in [1.82, 2.24) is 0 Å². The van der Waals surface area contributed by atoms with Gasteiger partial charge in [-0.1, -0.05) is 0 Å². The smallest absolute Gasteiger partial charge is 0.313 e. The molecule has 102 valence electrons. The molecular weight excluding hydrogens is 254 g/mol. The zero-order valence-corrected chi connectivity index (χ0v) is 10.5. The average molecular weight is 267 g/mol. The van der Waals surface area contributed by atoms with Gasteiger partial charge in [0.1, 0.15) is 6.42 Å². The molecule has 0 bridgehead atoms. The number of fused-ring (bicyclic) bond motifs is 1. The topological polar surface area (TPSA) is 87.9 Å². The third kappa shape index (κ3) is 2.75. The summed E-state index contributed by atoms with van der Waals surface area (Å²) in [6.07, 6.45) is -0.0939. The van der Waals surface area contributed by atoms with Crippen LogP contribution in [0.15, 0.2) is 18.2 Å². The number of esters is 1. The summed E-state index contributed by atoms with van der Waals surface area (Å²) in [6, 6.07) is 4.04. The minimum absolute atomic E-state index is 0.0939. The van der Waals surface area contributed by atoms with Crippen molar-refractivity contribution in [3.63, 3.8) is 0 Å². The van der Waals surface area contributed by atoms with Crippen molar-refractivity contribution >= 4 is 11.7 Å². The number of benzene rings is 1. The van der Waals surface area contributed by atoms with Crippen molar-refractivity contribution in [2.75, 3.05) is 6.61 Å². The van der Waals surface area contributed by atoms with E-state index in [1.807, 2.05) is 0 Å². The number of carbonyl (C=O) groups excluding carboxylic acids is 1. The number of rotatable bonds is 4. The van der Waals surface area contributed by atoms with E-state index in [4.69, 9.17) is 14.2 Å². The first-order valence-electron chi connectivity index (χ1n) is 5.75. The van der Waals surface area contributed by atoms with E-state index in [9.17, 15) is 14.9 Å². The summed E-state index contributed by atoms with van der Waals surface area (Å²) in [7, 11) is 0. The van der Waals surface area contributed by atoms with E-state index in [2.05, 4.69) is 0 Å². The second-order valence-corrected chi connectivity index (χ2v) is 4.21. The Labute approximate surface area is 109 Å². The highest BCUT2D eigenvalue weighted by molar-refractivity contribution is 5.71. The highest BCUT2D eigenvalue weighted by Crippen LogP contribution is 2.42. The molecule has 0 aromatic heterocycles. The first kappa shape index (κ1) is 13.1. The van der Waals surface area contributed by atoms with Gasteiger partial charge in [-0.25, -0.2) is 0 Å². The summed E-state index contributed by atoms with van der Waals surface area (Å²) in [5.41, 5.74) is -0.0947. The third-order valence-electron chi connectivity index (χ3n) is 2.56. The molecule has 0 saturated carbocycles. The van der Waals surface area contributed by atoms with Crippen molar-refractivity contribution in [2.45, 2.75) is 26.1 Å². The van der Waals surface area contributed by atoms with Gasteiger partial charge < -0.3 is 14.2 Å². The molecule has 1 aliphatic rings. The maximum absolute atomic E-state index is 11.4. The van der Waals surface area contributed by atoms with Gasteiger partial charge in [0.15, 0.2) is 11.5 Å². The van der Waals surface area contributed by atoms with Gasteiger partial charge in [-0.05, 0) is 13.0 Å². The highest BCUT2D eigenvalue weighted by Gasteiger charge is 2.40. The number of hydrogen-bond acceptors (Lipinski definition) is 6. The lowest BCUT2D eigenvalue weighted by Gasteiger charge is -2.21. The molecule has 7 heteroatoms. The van der Waals surface area contributed by atoms with Crippen LogP contribution in [0.25, 0.3) is 0 Å². The van der Waals surface area contributed by atoms with Crippen molar-refractivity contribution in [3.8, 4) is 11.5 Å². The summed E-state index contributed by atoms with van der Waals surface area (Å²) in [5.74, 6) is -1.02. The molecule has 7 nitrogen and oxygen atoms in total. The van der Waals surface area contributed by atoms with E-state index in [0.29, 0.717) is 5.75 Å². The predicted molar refractivity (Wildman–Crippen MR) is 64.0 cm³/mol. The molecule has 1 heterocycles. The second-order valence-electron chi connectivity index (χ2n) is 4.21.